The number of aryl methyl sites for hydroxylation is 2. The second kappa shape index (κ2) is 8.12. The topological polar surface area (TPSA) is 105 Å². The number of carbonyl (C=O) groups is 3. The third-order valence-corrected chi connectivity index (χ3v) is 4.67. The highest BCUT2D eigenvalue weighted by Gasteiger charge is 2.29. The standard InChI is InChI=1S/C21H22N2O5/c1-12-7-15-10-18(28-17(15)8-13(12)2)21(27)23-16-5-3-14(4-6-16)9-19(24)22-11-20(25)26/h3-8,18H,9-11H2,1-2H3,(H,22,24)(H,23,27)(H,25,26). The molecule has 7 nitrogen and oxygen atoms in total. The molecule has 146 valence electrons. The first-order valence-electron chi connectivity index (χ1n) is 8.97. The van der Waals surface area contributed by atoms with Crippen LogP contribution in [-0.4, -0.2) is 35.5 Å². The van der Waals surface area contributed by atoms with E-state index in [1.54, 1.807) is 24.3 Å². The smallest absolute Gasteiger partial charge is 0.322 e. The van der Waals surface area contributed by atoms with Crippen molar-refractivity contribution in [2.24, 2.45) is 0 Å². The summed E-state index contributed by atoms with van der Waals surface area (Å²) in [5.74, 6) is -0.931. The van der Waals surface area contributed by atoms with Gasteiger partial charge >= 0.3 is 5.97 Å². The lowest BCUT2D eigenvalue weighted by Crippen LogP contribution is -2.31. The summed E-state index contributed by atoms with van der Waals surface area (Å²) in [4.78, 5) is 34.6. The first-order chi connectivity index (χ1) is 13.3. The lowest BCUT2D eigenvalue weighted by atomic mass is 10.0. The van der Waals surface area contributed by atoms with Crippen LogP contribution in [-0.2, 0) is 27.2 Å². The van der Waals surface area contributed by atoms with Gasteiger partial charge in [-0.05, 0) is 54.3 Å². The molecule has 1 unspecified atom stereocenters. The third kappa shape index (κ3) is 4.68. The van der Waals surface area contributed by atoms with Gasteiger partial charge in [-0.2, -0.15) is 0 Å². The number of carboxylic acids is 1. The fourth-order valence-corrected chi connectivity index (χ4v) is 3.01. The van der Waals surface area contributed by atoms with Crippen molar-refractivity contribution >= 4 is 23.5 Å². The Balaban J connectivity index is 1.55. The van der Waals surface area contributed by atoms with E-state index in [2.05, 4.69) is 16.7 Å². The van der Waals surface area contributed by atoms with Crippen molar-refractivity contribution in [2.45, 2.75) is 32.8 Å². The van der Waals surface area contributed by atoms with E-state index in [0.717, 1.165) is 22.4 Å². The number of carbonyl (C=O) groups excluding carboxylic acids is 2. The highest BCUT2D eigenvalue weighted by atomic mass is 16.5. The van der Waals surface area contributed by atoms with Gasteiger partial charge in [0.15, 0.2) is 6.10 Å². The van der Waals surface area contributed by atoms with Crippen molar-refractivity contribution in [3.05, 3.63) is 58.7 Å². The Hall–Kier alpha value is -3.35. The molecule has 2 amide bonds. The number of ether oxygens (including phenoxy) is 1. The molecule has 0 saturated carbocycles. The number of hydrogen-bond donors (Lipinski definition) is 3. The second-order valence-corrected chi connectivity index (χ2v) is 6.89. The molecule has 3 N–H and O–H groups in total. The molecule has 0 aliphatic carbocycles. The lowest BCUT2D eigenvalue weighted by molar-refractivity contribution is -0.137. The fourth-order valence-electron chi connectivity index (χ4n) is 3.01. The molecule has 1 heterocycles. The van der Waals surface area contributed by atoms with Crippen molar-refractivity contribution in [1.82, 2.24) is 5.32 Å². The summed E-state index contributed by atoms with van der Waals surface area (Å²) < 4.78 is 5.79. The SMILES string of the molecule is Cc1cc2c(cc1C)OC(C(=O)Nc1ccc(CC(=O)NCC(=O)O)cc1)C2. The molecule has 0 aromatic heterocycles. The van der Waals surface area contributed by atoms with Crippen molar-refractivity contribution < 1.29 is 24.2 Å². The van der Waals surface area contributed by atoms with E-state index < -0.39 is 18.6 Å². The van der Waals surface area contributed by atoms with E-state index in [1.165, 1.54) is 5.56 Å². The molecule has 2 aromatic carbocycles. The monoisotopic (exact) mass is 382 g/mol. The number of anilines is 1. The summed E-state index contributed by atoms with van der Waals surface area (Å²) in [6.07, 6.45) is 0.0310. The van der Waals surface area contributed by atoms with Crippen LogP contribution >= 0.6 is 0 Å². The number of aliphatic carboxylic acids is 1. The highest BCUT2D eigenvalue weighted by Crippen LogP contribution is 2.31. The zero-order chi connectivity index (χ0) is 20.3. The second-order valence-electron chi connectivity index (χ2n) is 6.89. The lowest BCUT2D eigenvalue weighted by Gasteiger charge is -2.12. The van der Waals surface area contributed by atoms with Gasteiger partial charge in [-0.3, -0.25) is 14.4 Å². The number of rotatable bonds is 6. The van der Waals surface area contributed by atoms with Crippen LogP contribution in [0.2, 0.25) is 0 Å². The van der Waals surface area contributed by atoms with Crippen LogP contribution in [0.25, 0.3) is 0 Å². The molecule has 2 aromatic rings. The predicted octanol–water partition coefficient (Wildman–Crippen LogP) is 1.99. The number of nitrogens with one attached hydrogen (secondary N) is 2. The number of carboxylic acid groups (broad SMARTS) is 1. The first-order valence-corrected chi connectivity index (χ1v) is 8.97. The Morgan fingerprint density at radius 3 is 2.46 bits per heavy atom. The summed E-state index contributed by atoms with van der Waals surface area (Å²) in [6, 6.07) is 10.9. The van der Waals surface area contributed by atoms with Crippen molar-refractivity contribution in [3.8, 4) is 5.75 Å². The van der Waals surface area contributed by atoms with Crippen LogP contribution in [0.4, 0.5) is 5.69 Å². The molecular formula is C21H22N2O5. The molecule has 0 bridgehead atoms. The molecule has 1 aliphatic heterocycles. The maximum atomic E-state index is 12.5. The van der Waals surface area contributed by atoms with Crippen LogP contribution in [0.5, 0.6) is 5.75 Å². The molecule has 28 heavy (non-hydrogen) atoms. The molecule has 0 radical (unpaired) electrons. The Labute approximate surface area is 162 Å². The molecule has 0 saturated heterocycles. The average Bonchev–Trinajstić information content (AvgIpc) is 3.05. The normalized spacial score (nSPS) is 14.7. The number of amides is 2. The Morgan fingerprint density at radius 2 is 1.79 bits per heavy atom. The van der Waals surface area contributed by atoms with Gasteiger partial charge in [-0.25, -0.2) is 0 Å². The molecule has 1 atom stereocenters. The minimum absolute atomic E-state index is 0.0707. The summed E-state index contributed by atoms with van der Waals surface area (Å²) in [5, 5.41) is 13.7. The molecule has 1 aliphatic rings. The maximum Gasteiger partial charge on any atom is 0.322 e. The summed E-state index contributed by atoms with van der Waals surface area (Å²) in [6.45, 7) is 3.64. The van der Waals surface area contributed by atoms with Crippen LogP contribution < -0.4 is 15.4 Å². The van der Waals surface area contributed by atoms with Gasteiger partial charge in [-0.15, -0.1) is 0 Å². The maximum absolute atomic E-state index is 12.5. The van der Waals surface area contributed by atoms with Gasteiger partial charge in [0.05, 0.1) is 6.42 Å². The van der Waals surface area contributed by atoms with Crippen LogP contribution in [0.15, 0.2) is 36.4 Å². The van der Waals surface area contributed by atoms with E-state index in [4.69, 9.17) is 9.84 Å². The Morgan fingerprint density at radius 1 is 1.11 bits per heavy atom. The molecule has 0 fully saturated rings. The Bertz CT molecular complexity index is 890. The molecule has 0 spiro atoms. The van der Waals surface area contributed by atoms with Gasteiger partial charge in [0, 0.05) is 12.1 Å². The number of benzene rings is 2. The minimum atomic E-state index is -1.09. The van der Waals surface area contributed by atoms with Crippen LogP contribution in [0, 0.1) is 13.8 Å². The summed E-state index contributed by atoms with van der Waals surface area (Å²) in [5.41, 5.74) is 4.66. The molecular weight excluding hydrogens is 360 g/mol. The van der Waals surface area contributed by atoms with Crippen molar-refractivity contribution in [3.63, 3.8) is 0 Å². The van der Waals surface area contributed by atoms with Gasteiger partial charge < -0.3 is 20.5 Å². The number of hydrogen-bond acceptors (Lipinski definition) is 4. The van der Waals surface area contributed by atoms with E-state index in [0.29, 0.717) is 12.1 Å². The first kappa shape index (κ1) is 19.4. The van der Waals surface area contributed by atoms with Crippen LogP contribution in [0.3, 0.4) is 0 Å². The van der Waals surface area contributed by atoms with Gasteiger partial charge in [-0.1, -0.05) is 18.2 Å². The van der Waals surface area contributed by atoms with Crippen molar-refractivity contribution in [2.75, 3.05) is 11.9 Å². The third-order valence-electron chi connectivity index (χ3n) is 4.67. The highest BCUT2D eigenvalue weighted by molar-refractivity contribution is 5.95. The quantitative estimate of drug-likeness (QED) is 0.709. The van der Waals surface area contributed by atoms with Crippen molar-refractivity contribution in [1.29, 1.82) is 0 Å². The van der Waals surface area contributed by atoms with Gasteiger partial charge in [0.25, 0.3) is 5.91 Å². The fraction of sp³-hybridized carbons (Fsp3) is 0.286. The van der Waals surface area contributed by atoms with Gasteiger partial charge in [0.2, 0.25) is 5.91 Å². The van der Waals surface area contributed by atoms with Gasteiger partial charge in [0.1, 0.15) is 12.3 Å². The van der Waals surface area contributed by atoms with E-state index >= 15 is 0 Å². The molecule has 3 rings (SSSR count). The summed E-state index contributed by atoms with van der Waals surface area (Å²) in [7, 11) is 0. The zero-order valence-electron chi connectivity index (χ0n) is 15.7. The minimum Gasteiger partial charge on any atom is -0.480 e. The zero-order valence-corrected chi connectivity index (χ0v) is 15.7. The number of fused-ring (bicyclic) bond motifs is 1. The van der Waals surface area contributed by atoms with E-state index in [1.807, 2.05) is 19.9 Å². The largest absolute Gasteiger partial charge is 0.480 e. The van der Waals surface area contributed by atoms with Crippen LogP contribution in [0.1, 0.15) is 22.3 Å². The average molecular weight is 382 g/mol. The van der Waals surface area contributed by atoms with E-state index in [-0.39, 0.29) is 18.2 Å². The summed E-state index contributed by atoms with van der Waals surface area (Å²) >= 11 is 0. The Kier molecular flexibility index (Phi) is 5.63. The van der Waals surface area contributed by atoms with E-state index in [9.17, 15) is 14.4 Å². The molecule has 7 heteroatoms. The predicted molar refractivity (Wildman–Crippen MR) is 103 cm³/mol.